The summed E-state index contributed by atoms with van der Waals surface area (Å²) in [5.41, 5.74) is 5.84. The van der Waals surface area contributed by atoms with Crippen molar-refractivity contribution >= 4 is 5.91 Å². The highest BCUT2D eigenvalue weighted by molar-refractivity contribution is 5.76. The lowest BCUT2D eigenvalue weighted by molar-refractivity contribution is -0.135. The highest BCUT2D eigenvalue weighted by Gasteiger charge is 2.45. The molecule has 0 aromatic carbocycles. The normalized spacial score (nSPS) is 21.3. The molecule has 0 aromatic heterocycles. The number of rotatable bonds is 6. The molecule has 0 bridgehead atoms. The molecule has 94 valence electrons. The quantitative estimate of drug-likeness (QED) is 0.738. The van der Waals surface area contributed by atoms with Gasteiger partial charge in [-0.1, -0.05) is 6.92 Å². The molecule has 0 heterocycles. The van der Waals surface area contributed by atoms with E-state index in [1.807, 2.05) is 11.9 Å². The number of carbonyl (C=O) groups is 1. The average Bonchev–Trinajstić information content (AvgIpc) is 3.03. The Labute approximate surface area is 98.1 Å². The van der Waals surface area contributed by atoms with E-state index in [9.17, 15) is 4.79 Å². The predicted octanol–water partition coefficient (Wildman–Crippen LogP) is 0.997. The van der Waals surface area contributed by atoms with Gasteiger partial charge in [0.15, 0.2) is 0 Å². The van der Waals surface area contributed by atoms with Crippen LogP contribution in [0.2, 0.25) is 0 Å². The largest absolute Gasteiger partial charge is 0.380 e. The molecule has 4 nitrogen and oxygen atoms in total. The van der Waals surface area contributed by atoms with Crippen LogP contribution in [-0.4, -0.2) is 43.7 Å². The molecular formula is C12H24N2O2. The van der Waals surface area contributed by atoms with Crippen LogP contribution in [0.1, 0.15) is 33.1 Å². The van der Waals surface area contributed by atoms with Crippen molar-refractivity contribution in [3.8, 4) is 0 Å². The Morgan fingerprint density at radius 2 is 2.12 bits per heavy atom. The fourth-order valence-electron chi connectivity index (χ4n) is 1.90. The van der Waals surface area contributed by atoms with Crippen LogP contribution in [0.5, 0.6) is 0 Å². The summed E-state index contributed by atoms with van der Waals surface area (Å²) in [6.07, 6.45) is 2.66. The fourth-order valence-corrected chi connectivity index (χ4v) is 1.90. The second-order valence-electron chi connectivity index (χ2n) is 5.13. The van der Waals surface area contributed by atoms with Gasteiger partial charge in [0.05, 0.1) is 12.5 Å². The molecule has 2 unspecified atom stereocenters. The van der Waals surface area contributed by atoms with Gasteiger partial charge in [0.1, 0.15) is 0 Å². The van der Waals surface area contributed by atoms with Crippen molar-refractivity contribution in [1.82, 2.24) is 4.90 Å². The van der Waals surface area contributed by atoms with Crippen LogP contribution in [-0.2, 0) is 9.53 Å². The summed E-state index contributed by atoms with van der Waals surface area (Å²) in [7, 11) is 3.47. The Morgan fingerprint density at radius 1 is 1.56 bits per heavy atom. The summed E-state index contributed by atoms with van der Waals surface area (Å²) in [4.78, 5) is 13.8. The topological polar surface area (TPSA) is 55.6 Å². The Morgan fingerprint density at radius 3 is 2.50 bits per heavy atom. The summed E-state index contributed by atoms with van der Waals surface area (Å²) < 4.78 is 5.13. The Hall–Kier alpha value is -0.610. The molecule has 0 aliphatic heterocycles. The lowest BCUT2D eigenvalue weighted by Crippen LogP contribution is -2.42. The first-order chi connectivity index (χ1) is 7.44. The third kappa shape index (κ3) is 2.95. The zero-order valence-corrected chi connectivity index (χ0v) is 10.8. The maximum absolute atomic E-state index is 12.0. The number of ether oxygens (including phenoxy) is 1. The molecule has 2 atom stereocenters. The van der Waals surface area contributed by atoms with Gasteiger partial charge < -0.3 is 15.4 Å². The molecule has 0 saturated heterocycles. The van der Waals surface area contributed by atoms with Crippen molar-refractivity contribution < 1.29 is 9.53 Å². The van der Waals surface area contributed by atoms with Crippen LogP contribution in [0, 0.1) is 5.41 Å². The van der Waals surface area contributed by atoms with E-state index in [0.717, 1.165) is 0 Å². The van der Waals surface area contributed by atoms with Gasteiger partial charge in [0.2, 0.25) is 5.91 Å². The zero-order valence-electron chi connectivity index (χ0n) is 10.8. The lowest BCUT2D eigenvalue weighted by Gasteiger charge is -2.31. The van der Waals surface area contributed by atoms with Crippen LogP contribution in [0.25, 0.3) is 0 Å². The first kappa shape index (κ1) is 13.5. The second kappa shape index (κ2) is 5.15. The van der Waals surface area contributed by atoms with Gasteiger partial charge in [-0.3, -0.25) is 4.79 Å². The van der Waals surface area contributed by atoms with E-state index in [2.05, 4.69) is 13.8 Å². The molecule has 2 N–H and O–H groups in total. The summed E-state index contributed by atoms with van der Waals surface area (Å²) in [6, 6.07) is 0.301. The van der Waals surface area contributed by atoms with Crippen LogP contribution >= 0.6 is 0 Å². The number of nitrogens with two attached hydrogens (primary N) is 1. The van der Waals surface area contributed by atoms with E-state index in [1.54, 1.807) is 7.11 Å². The minimum Gasteiger partial charge on any atom is -0.380 e. The average molecular weight is 228 g/mol. The number of carbonyl (C=O) groups excluding carboxylic acids is 1. The van der Waals surface area contributed by atoms with E-state index in [4.69, 9.17) is 10.5 Å². The van der Waals surface area contributed by atoms with E-state index in [0.29, 0.717) is 24.4 Å². The Bertz CT molecular complexity index is 247. The molecule has 1 amide bonds. The van der Waals surface area contributed by atoms with Gasteiger partial charge in [-0.15, -0.1) is 0 Å². The van der Waals surface area contributed by atoms with Crippen molar-refractivity contribution in [3.05, 3.63) is 0 Å². The first-order valence-corrected chi connectivity index (χ1v) is 5.93. The SMILES string of the molecule is COC(CN)CC(=O)N(C)C(C)C1(C)CC1. The number of hydrogen-bond donors (Lipinski definition) is 1. The van der Waals surface area contributed by atoms with E-state index in [1.165, 1.54) is 12.8 Å². The minimum absolute atomic E-state index is 0.123. The number of nitrogens with zero attached hydrogens (tertiary/aromatic N) is 1. The predicted molar refractivity (Wildman–Crippen MR) is 64.0 cm³/mol. The Balaban J connectivity index is 2.46. The summed E-state index contributed by atoms with van der Waals surface area (Å²) in [6.45, 7) is 4.75. The third-order valence-corrected chi connectivity index (χ3v) is 4.02. The fraction of sp³-hybridized carbons (Fsp3) is 0.917. The van der Waals surface area contributed by atoms with E-state index in [-0.39, 0.29) is 12.0 Å². The number of methoxy groups -OCH3 is 1. The van der Waals surface area contributed by atoms with Gasteiger partial charge in [-0.05, 0) is 25.2 Å². The number of amides is 1. The van der Waals surface area contributed by atoms with Gasteiger partial charge in [0, 0.05) is 26.7 Å². The van der Waals surface area contributed by atoms with Crippen LogP contribution in [0.15, 0.2) is 0 Å². The third-order valence-electron chi connectivity index (χ3n) is 4.02. The highest BCUT2D eigenvalue weighted by atomic mass is 16.5. The molecule has 1 saturated carbocycles. The molecule has 1 fully saturated rings. The van der Waals surface area contributed by atoms with Crippen LogP contribution in [0.4, 0.5) is 0 Å². The molecule has 0 radical (unpaired) electrons. The van der Waals surface area contributed by atoms with E-state index < -0.39 is 0 Å². The van der Waals surface area contributed by atoms with Crippen LogP contribution < -0.4 is 5.73 Å². The summed E-state index contributed by atoms with van der Waals surface area (Å²) in [5.74, 6) is 0.123. The van der Waals surface area contributed by atoms with Crippen molar-refractivity contribution in [2.75, 3.05) is 20.7 Å². The van der Waals surface area contributed by atoms with Gasteiger partial charge >= 0.3 is 0 Å². The lowest BCUT2D eigenvalue weighted by atomic mass is 9.99. The number of hydrogen-bond acceptors (Lipinski definition) is 3. The van der Waals surface area contributed by atoms with Crippen molar-refractivity contribution in [2.24, 2.45) is 11.1 Å². The maximum Gasteiger partial charge on any atom is 0.225 e. The van der Waals surface area contributed by atoms with Gasteiger partial charge in [-0.2, -0.15) is 0 Å². The smallest absolute Gasteiger partial charge is 0.225 e. The van der Waals surface area contributed by atoms with Gasteiger partial charge in [-0.25, -0.2) is 0 Å². The van der Waals surface area contributed by atoms with Gasteiger partial charge in [0.25, 0.3) is 0 Å². The van der Waals surface area contributed by atoms with Crippen molar-refractivity contribution in [2.45, 2.75) is 45.3 Å². The molecule has 0 spiro atoms. The molecule has 4 heteroatoms. The van der Waals surface area contributed by atoms with E-state index >= 15 is 0 Å². The highest BCUT2D eigenvalue weighted by Crippen LogP contribution is 2.49. The van der Waals surface area contributed by atoms with Crippen molar-refractivity contribution in [1.29, 1.82) is 0 Å². The molecule has 16 heavy (non-hydrogen) atoms. The summed E-state index contributed by atoms with van der Waals surface area (Å²) >= 11 is 0. The molecule has 0 aromatic rings. The first-order valence-electron chi connectivity index (χ1n) is 5.93. The standard InChI is InChI=1S/C12H24N2O2/c1-9(12(2)5-6-12)14(3)11(15)7-10(8-13)16-4/h9-10H,5-8,13H2,1-4H3. The summed E-state index contributed by atoms with van der Waals surface area (Å²) in [5, 5.41) is 0. The minimum atomic E-state index is -0.158. The van der Waals surface area contributed by atoms with Crippen LogP contribution in [0.3, 0.4) is 0 Å². The maximum atomic E-state index is 12.0. The Kier molecular flexibility index (Phi) is 4.33. The molecule has 1 rings (SSSR count). The molecule has 1 aliphatic rings. The monoisotopic (exact) mass is 228 g/mol. The second-order valence-corrected chi connectivity index (χ2v) is 5.13. The molecule has 1 aliphatic carbocycles. The molecular weight excluding hydrogens is 204 g/mol. The zero-order chi connectivity index (χ0) is 12.3. The van der Waals surface area contributed by atoms with Crippen molar-refractivity contribution in [3.63, 3.8) is 0 Å².